The highest BCUT2D eigenvalue weighted by atomic mass is 16.4. The third kappa shape index (κ3) is 14.6. The fourth-order valence-electron chi connectivity index (χ4n) is 3.82. The maximum atomic E-state index is 11.9. The van der Waals surface area contributed by atoms with E-state index < -0.39 is 5.97 Å². The molecule has 0 unspecified atom stereocenters. The Hall–Kier alpha value is -2.04. The summed E-state index contributed by atoms with van der Waals surface area (Å²) in [4.78, 5) is 23.1. The van der Waals surface area contributed by atoms with E-state index in [0.717, 1.165) is 12.8 Å². The first kappa shape index (κ1) is 27.0. The standard InChI is InChI=1S/C26H44N2O3/c1-2-3-4-5-6-7-8-9-10-11-12-13-14-15-16-19-22-27-26(31)28-24-21-18-17-20-23(24)25(29)30/h17-18,20-21H,2-16,19,22H2,1H3,(H,29,30)(H2,27,28,31). The molecule has 1 rings (SSSR count). The summed E-state index contributed by atoms with van der Waals surface area (Å²) in [6, 6.07) is 6.07. The number of carboxylic acid groups (broad SMARTS) is 1. The van der Waals surface area contributed by atoms with Crippen molar-refractivity contribution in [1.29, 1.82) is 0 Å². The first-order chi connectivity index (χ1) is 15.1. The second-order valence-electron chi connectivity index (χ2n) is 8.53. The number of rotatable bonds is 19. The highest BCUT2D eigenvalue weighted by molar-refractivity contribution is 5.99. The summed E-state index contributed by atoms with van der Waals surface area (Å²) in [6.07, 6.45) is 21.2. The van der Waals surface area contributed by atoms with E-state index in [-0.39, 0.29) is 11.6 Å². The van der Waals surface area contributed by atoms with Crippen LogP contribution in [0.4, 0.5) is 10.5 Å². The molecule has 3 N–H and O–H groups in total. The number of para-hydroxylation sites is 1. The normalized spacial score (nSPS) is 10.7. The molecule has 0 bridgehead atoms. The average Bonchev–Trinajstić information content (AvgIpc) is 2.76. The van der Waals surface area contributed by atoms with Crippen LogP contribution >= 0.6 is 0 Å². The molecule has 0 aliphatic carbocycles. The molecular formula is C26H44N2O3. The van der Waals surface area contributed by atoms with Crippen LogP contribution in [0.25, 0.3) is 0 Å². The number of carboxylic acids is 1. The van der Waals surface area contributed by atoms with Crippen LogP contribution in [-0.2, 0) is 0 Å². The minimum Gasteiger partial charge on any atom is -0.478 e. The van der Waals surface area contributed by atoms with Gasteiger partial charge in [-0.3, -0.25) is 0 Å². The zero-order valence-electron chi connectivity index (χ0n) is 19.6. The SMILES string of the molecule is CCCCCCCCCCCCCCCCCCNC(=O)Nc1ccccc1C(=O)O. The van der Waals surface area contributed by atoms with Crippen molar-refractivity contribution in [3.8, 4) is 0 Å². The summed E-state index contributed by atoms with van der Waals surface area (Å²) < 4.78 is 0. The molecule has 0 aromatic heterocycles. The van der Waals surface area contributed by atoms with Gasteiger partial charge >= 0.3 is 12.0 Å². The molecule has 5 heteroatoms. The van der Waals surface area contributed by atoms with Crippen molar-refractivity contribution in [3.05, 3.63) is 29.8 Å². The Bertz CT molecular complexity index is 604. The van der Waals surface area contributed by atoms with Gasteiger partial charge in [0.25, 0.3) is 0 Å². The Morgan fingerprint density at radius 2 is 1.16 bits per heavy atom. The molecule has 31 heavy (non-hydrogen) atoms. The first-order valence-corrected chi connectivity index (χ1v) is 12.5. The van der Waals surface area contributed by atoms with Crippen LogP contribution in [0.5, 0.6) is 0 Å². The van der Waals surface area contributed by atoms with E-state index in [1.165, 1.54) is 96.0 Å². The molecule has 0 fully saturated rings. The molecule has 176 valence electrons. The van der Waals surface area contributed by atoms with Crippen LogP contribution in [0.1, 0.15) is 120 Å². The van der Waals surface area contributed by atoms with Gasteiger partial charge < -0.3 is 15.7 Å². The van der Waals surface area contributed by atoms with Crippen LogP contribution in [0.2, 0.25) is 0 Å². The monoisotopic (exact) mass is 432 g/mol. The zero-order valence-corrected chi connectivity index (χ0v) is 19.6. The summed E-state index contributed by atoms with van der Waals surface area (Å²) >= 11 is 0. The lowest BCUT2D eigenvalue weighted by atomic mass is 10.0. The molecule has 0 spiro atoms. The highest BCUT2D eigenvalue weighted by Gasteiger charge is 2.10. The summed E-state index contributed by atoms with van der Waals surface area (Å²) in [5.41, 5.74) is 0.416. The van der Waals surface area contributed by atoms with Crippen LogP contribution < -0.4 is 10.6 Å². The zero-order chi connectivity index (χ0) is 22.6. The van der Waals surface area contributed by atoms with Crippen molar-refractivity contribution in [1.82, 2.24) is 5.32 Å². The average molecular weight is 433 g/mol. The number of hydrogen-bond donors (Lipinski definition) is 3. The van der Waals surface area contributed by atoms with Crippen molar-refractivity contribution in [2.75, 3.05) is 11.9 Å². The molecule has 0 saturated heterocycles. The second kappa shape index (κ2) is 18.7. The minimum atomic E-state index is -1.05. The number of amides is 2. The number of aromatic carboxylic acids is 1. The summed E-state index contributed by atoms with van der Waals surface area (Å²) in [7, 11) is 0. The van der Waals surface area contributed by atoms with E-state index in [4.69, 9.17) is 5.11 Å². The lowest BCUT2D eigenvalue weighted by Gasteiger charge is -2.09. The van der Waals surface area contributed by atoms with Crippen LogP contribution in [0.15, 0.2) is 24.3 Å². The van der Waals surface area contributed by atoms with E-state index in [0.29, 0.717) is 12.2 Å². The van der Waals surface area contributed by atoms with Crippen molar-refractivity contribution in [3.63, 3.8) is 0 Å². The summed E-state index contributed by atoms with van der Waals surface area (Å²) in [5, 5.41) is 14.6. The molecule has 0 atom stereocenters. The topological polar surface area (TPSA) is 78.4 Å². The van der Waals surface area contributed by atoms with Crippen LogP contribution in [-0.4, -0.2) is 23.7 Å². The lowest BCUT2D eigenvalue weighted by Crippen LogP contribution is -2.30. The van der Waals surface area contributed by atoms with Crippen molar-refractivity contribution >= 4 is 17.7 Å². The van der Waals surface area contributed by atoms with Gasteiger partial charge in [0.2, 0.25) is 0 Å². The van der Waals surface area contributed by atoms with Crippen LogP contribution in [0.3, 0.4) is 0 Å². The Morgan fingerprint density at radius 1 is 0.710 bits per heavy atom. The maximum Gasteiger partial charge on any atom is 0.337 e. The number of anilines is 1. The van der Waals surface area contributed by atoms with Gasteiger partial charge in [0.05, 0.1) is 11.3 Å². The molecule has 1 aromatic rings. The number of nitrogens with one attached hydrogen (secondary N) is 2. The lowest BCUT2D eigenvalue weighted by molar-refractivity contribution is 0.0698. The number of hydrogen-bond acceptors (Lipinski definition) is 2. The fourth-order valence-corrected chi connectivity index (χ4v) is 3.82. The van der Waals surface area contributed by atoms with E-state index in [1.807, 2.05) is 0 Å². The van der Waals surface area contributed by atoms with Gasteiger partial charge in [-0.05, 0) is 18.6 Å². The number of carbonyl (C=O) groups is 2. The Labute approximate surface area is 189 Å². The molecular weight excluding hydrogens is 388 g/mol. The Morgan fingerprint density at radius 3 is 1.65 bits per heavy atom. The summed E-state index contributed by atoms with van der Waals surface area (Å²) in [5.74, 6) is -1.05. The number of carbonyl (C=O) groups excluding carboxylic acids is 1. The third-order valence-electron chi connectivity index (χ3n) is 5.72. The van der Waals surface area contributed by atoms with Crippen molar-refractivity contribution in [2.24, 2.45) is 0 Å². The molecule has 0 aliphatic heterocycles. The molecule has 0 radical (unpaired) electrons. The van der Waals surface area contributed by atoms with Crippen molar-refractivity contribution in [2.45, 2.75) is 110 Å². The predicted molar refractivity (Wildman–Crippen MR) is 130 cm³/mol. The van der Waals surface area contributed by atoms with Crippen LogP contribution in [0, 0.1) is 0 Å². The molecule has 1 aromatic carbocycles. The van der Waals surface area contributed by atoms with Crippen molar-refractivity contribution < 1.29 is 14.7 Å². The largest absolute Gasteiger partial charge is 0.478 e. The maximum absolute atomic E-state index is 11.9. The Balaban J connectivity index is 1.87. The highest BCUT2D eigenvalue weighted by Crippen LogP contribution is 2.15. The molecule has 2 amide bonds. The van der Waals surface area contributed by atoms with Gasteiger partial charge in [0.1, 0.15) is 0 Å². The number of unbranched alkanes of at least 4 members (excludes halogenated alkanes) is 15. The minimum absolute atomic E-state index is 0.0973. The van der Waals surface area contributed by atoms with Gasteiger partial charge in [0, 0.05) is 6.54 Å². The molecule has 0 saturated carbocycles. The third-order valence-corrected chi connectivity index (χ3v) is 5.72. The molecule has 5 nitrogen and oxygen atoms in total. The predicted octanol–water partition coefficient (Wildman–Crippen LogP) is 7.77. The van der Waals surface area contributed by atoms with E-state index >= 15 is 0 Å². The van der Waals surface area contributed by atoms with Gasteiger partial charge in [-0.15, -0.1) is 0 Å². The fraction of sp³-hybridized carbons (Fsp3) is 0.692. The quantitative estimate of drug-likeness (QED) is 0.195. The molecule has 0 aliphatic rings. The summed E-state index contributed by atoms with van der Waals surface area (Å²) in [6.45, 7) is 2.88. The van der Waals surface area contributed by atoms with Gasteiger partial charge in [-0.1, -0.05) is 115 Å². The van der Waals surface area contributed by atoms with E-state index in [9.17, 15) is 9.59 Å². The number of benzene rings is 1. The molecule has 0 heterocycles. The van der Waals surface area contributed by atoms with E-state index in [1.54, 1.807) is 18.2 Å². The number of urea groups is 1. The smallest absolute Gasteiger partial charge is 0.337 e. The first-order valence-electron chi connectivity index (χ1n) is 12.5. The van der Waals surface area contributed by atoms with E-state index in [2.05, 4.69) is 17.6 Å². The van der Waals surface area contributed by atoms with Gasteiger partial charge in [-0.2, -0.15) is 0 Å². The second-order valence-corrected chi connectivity index (χ2v) is 8.53. The Kier molecular flexibility index (Phi) is 16.3. The van der Waals surface area contributed by atoms with Gasteiger partial charge in [-0.25, -0.2) is 9.59 Å². The van der Waals surface area contributed by atoms with Gasteiger partial charge in [0.15, 0.2) is 0 Å².